The second kappa shape index (κ2) is 9.79. The molecule has 1 saturated heterocycles. The molecule has 1 aromatic carbocycles. The summed E-state index contributed by atoms with van der Waals surface area (Å²) in [6.07, 6.45) is 0. The van der Waals surface area contributed by atoms with E-state index in [-0.39, 0.29) is 11.4 Å². The summed E-state index contributed by atoms with van der Waals surface area (Å²) in [4.78, 5) is 36.7. The molecule has 1 fully saturated rings. The Morgan fingerprint density at radius 3 is 2.62 bits per heavy atom. The van der Waals surface area contributed by atoms with E-state index in [1.165, 1.54) is 22.7 Å². The number of hydrogen-bond donors (Lipinski definition) is 1. The van der Waals surface area contributed by atoms with Crippen molar-refractivity contribution in [1.29, 1.82) is 0 Å². The zero-order chi connectivity index (χ0) is 23.7. The van der Waals surface area contributed by atoms with Crippen LogP contribution in [0.5, 0.6) is 0 Å². The molecule has 1 amide bonds. The molecule has 5 rings (SSSR count). The molecule has 0 aliphatic carbocycles. The van der Waals surface area contributed by atoms with Crippen LogP contribution in [0, 0.1) is 6.92 Å². The molecular weight excluding hydrogens is 470 g/mol. The van der Waals surface area contributed by atoms with Gasteiger partial charge in [-0.1, -0.05) is 36.4 Å². The van der Waals surface area contributed by atoms with Crippen LogP contribution in [0.4, 0.5) is 0 Å². The first-order chi connectivity index (χ1) is 16.5. The molecule has 2 aliphatic heterocycles. The van der Waals surface area contributed by atoms with E-state index in [1.807, 2.05) is 47.8 Å². The number of carbonyl (C=O) groups is 2. The number of aliphatic hydroxyl groups is 1. The second-order valence-electron chi connectivity index (χ2n) is 8.26. The van der Waals surface area contributed by atoms with Gasteiger partial charge < -0.3 is 14.7 Å². The molecule has 1 unspecified atom stereocenters. The minimum atomic E-state index is -0.609. The zero-order valence-electron chi connectivity index (χ0n) is 18.8. The Bertz CT molecular complexity index is 1210. The summed E-state index contributed by atoms with van der Waals surface area (Å²) in [5.41, 5.74) is 1.66. The number of amides is 1. The van der Waals surface area contributed by atoms with Crippen molar-refractivity contribution in [3.05, 3.63) is 74.6 Å². The van der Waals surface area contributed by atoms with Crippen LogP contribution in [-0.2, 0) is 9.53 Å². The van der Waals surface area contributed by atoms with Crippen molar-refractivity contribution < 1.29 is 19.4 Å². The fraction of sp³-hybridized carbons (Fsp3) is 0.320. The SMILES string of the molecule is Cc1nc(-c2ccccc2)sc1C(=O)C1=C(O)C(=O)N(CCN2CCOCC2)C1c1cccs1. The number of thiazole rings is 1. The zero-order valence-corrected chi connectivity index (χ0v) is 20.4. The van der Waals surface area contributed by atoms with Gasteiger partial charge in [0.15, 0.2) is 5.76 Å². The van der Waals surface area contributed by atoms with Gasteiger partial charge in [0.2, 0.25) is 5.78 Å². The van der Waals surface area contributed by atoms with E-state index in [2.05, 4.69) is 9.88 Å². The third kappa shape index (κ3) is 4.32. The number of ether oxygens (including phenoxy) is 1. The highest BCUT2D eigenvalue weighted by Crippen LogP contribution is 2.42. The van der Waals surface area contributed by atoms with E-state index >= 15 is 0 Å². The van der Waals surface area contributed by atoms with E-state index in [9.17, 15) is 14.7 Å². The lowest BCUT2D eigenvalue weighted by molar-refractivity contribution is -0.129. The molecule has 34 heavy (non-hydrogen) atoms. The van der Waals surface area contributed by atoms with Crippen molar-refractivity contribution in [2.75, 3.05) is 39.4 Å². The maximum absolute atomic E-state index is 13.8. The highest BCUT2D eigenvalue weighted by atomic mass is 32.1. The van der Waals surface area contributed by atoms with E-state index in [4.69, 9.17) is 4.74 Å². The van der Waals surface area contributed by atoms with Crippen molar-refractivity contribution in [1.82, 2.24) is 14.8 Å². The van der Waals surface area contributed by atoms with Gasteiger partial charge >= 0.3 is 0 Å². The Morgan fingerprint density at radius 2 is 1.91 bits per heavy atom. The van der Waals surface area contributed by atoms with Gasteiger partial charge in [0.05, 0.1) is 35.4 Å². The number of ketones is 1. The monoisotopic (exact) mass is 495 g/mol. The first-order valence-corrected chi connectivity index (χ1v) is 12.9. The normalized spacial score (nSPS) is 19.3. The molecule has 1 N–H and O–H groups in total. The Balaban J connectivity index is 1.46. The molecule has 0 bridgehead atoms. The third-order valence-corrected chi connectivity index (χ3v) is 8.28. The average Bonchev–Trinajstić information content (AvgIpc) is 3.58. The van der Waals surface area contributed by atoms with Crippen LogP contribution in [0.2, 0.25) is 0 Å². The predicted octanol–water partition coefficient (Wildman–Crippen LogP) is 4.09. The molecule has 3 aromatic rings. The summed E-state index contributed by atoms with van der Waals surface area (Å²) in [7, 11) is 0. The summed E-state index contributed by atoms with van der Waals surface area (Å²) in [6, 6.07) is 12.9. The lowest BCUT2D eigenvalue weighted by Gasteiger charge is -2.31. The number of nitrogens with zero attached hydrogens (tertiary/aromatic N) is 3. The topological polar surface area (TPSA) is 83.0 Å². The lowest BCUT2D eigenvalue weighted by atomic mass is 10.0. The van der Waals surface area contributed by atoms with Crippen molar-refractivity contribution in [2.45, 2.75) is 13.0 Å². The number of aromatic nitrogens is 1. The van der Waals surface area contributed by atoms with Gasteiger partial charge in [-0.15, -0.1) is 22.7 Å². The van der Waals surface area contributed by atoms with Gasteiger partial charge in [0.1, 0.15) is 5.01 Å². The van der Waals surface area contributed by atoms with Crippen LogP contribution in [-0.4, -0.2) is 71.0 Å². The summed E-state index contributed by atoms with van der Waals surface area (Å²) in [5.74, 6) is -1.30. The van der Waals surface area contributed by atoms with E-state index in [1.54, 1.807) is 11.8 Å². The highest BCUT2D eigenvalue weighted by Gasteiger charge is 2.45. The molecule has 0 radical (unpaired) electrons. The van der Waals surface area contributed by atoms with Gasteiger partial charge in [-0.3, -0.25) is 14.5 Å². The number of hydrogen-bond acceptors (Lipinski definition) is 8. The third-order valence-electron chi connectivity index (χ3n) is 6.15. The van der Waals surface area contributed by atoms with Crippen LogP contribution >= 0.6 is 22.7 Å². The van der Waals surface area contributed by atoms with Crippen LogP contribution in [0.3, 0.4) is 0 Å². The Labute approximate surface area is 205 Å². The van der Waals surface area contributed by atoms with Crippen molar-refractivity contribution in [2.24, 2.45) is 0 Å². The maximum atomic E-state index is 13.8. The summed E-state index contributed by atoms with van der Waals surface area (Å²) < 4.78 is 5.41. The number of morpholine rings is 1. The molecule has 4 heterocycles. The summed E-state index contributed by atoms with van der Waals surface area (Å²) in [6.45, 7) is 5.82. The Morgan fingerprint density at radius 1 is 1.15 bits per heavy atom. The largest absolute Gasteiger partial charge is 0.503 e. The molecule has 0 saturated carbocycles. The molecule has 2 aromatic heterocycles. The number of aryl methyl sites for hydroxylation is 1. The van der Waals surface area contributed by atoms with Crippen molar-refractivity contribution in [3.63, 3.8) is 0 Å². The summed E-state index contributed by atoms with van der Waals surface area (Å²) in [5, 5.41) is 13.6. The number of thiophene rings is 1. The molecule has 7 nitrogen and oxygen atoms in total. The van der Waals surface area contributed by atoms with Gasteiger partial charge in [-0.2, -0.15) is 0 Å². The first-order valence-electron chi connectivity index (χ1n) is 11.2. The lowest BCUT2D eigenvalue weighted by Crippen LogP contribution is -2.43. The number of aliphatic hydroxyl groups excluding tert-OH is 1. The molecule has 176 valence electrons. The quantitative estimate of drug-likeness (QED) is 0.497. The Kier molecular flexibility index (Phi) is 6.60. The minimum Gasteiger partial charge on any atom is -0.503 e. The van der Waals surface area contributed by atoms with Gasteiger partial charge in [0, 0.05) is 36.6 Å². The van der Waals surface area contributed by atoms with E-state index in [0.717, 1.165) is 28.5 Å². The van der Waals surface area contributed by atoms with Gasteiger partial charge in [-0.25, -0.2) is 4.98 Å². The molecule has 9 heteroatoms. The number of benzene rings is 1. The van der Waals surface area contributed by atoms with Crippen LogP contribution in [0.25, 0.3) is 10.6 Å². The molecular formula is C25H25N3O4S2. The van der Waals surface area contributed by atoms with Crippen molar-refractivity contribution >= 4 is 34.4 Å². The smallest absolute Gasteiger partial charge is 0.290 e. The summed E-state index contributed by atoms with van der Waals surface area (Å²) >= 11 is 2.77. The predicted molar refractivity (Wildman–Crippen MR) is 132 cm³/mol. The Hall–Kier alpha value is -2.85. The minimum absolute atomic E-state index is 0.140. The van der Waals surface area contributed by atoms with E-state index in [0.29, 0.717) is 36.9 Å². The first kappa shape index (κ1) is 22.9. The van der Waals surface area contributed by atoms with Crippen LogP contribution in [0.1, 0.15) is 26.3 Å². The maximum Gasteiger partial charge on any atom is 0.290 e. The average molecular weight is 496 g/mol. The molecule has 1 atom stereocenters. The standard InChI is InChI=1S/C25H25N3O4S2/c1-16-23(34-24(26-16)17-6-3-2-4-7-17)21(29)19-20(18-8-5-15-33-18)28(25(31)22(19)30)10-9-27-11-13-32-14-12-27/h2-8,15,20,30H,9-14H2,1H3. The highest BCUT2D eigenvalue weighted by molar-refractivity contribution is 7.17. The fourth-order valence-corrected chi connectivity index (χ4v) is 6.24. The fourth-order valence-electron chi connectivity index (χ4n) is 4.37. The van der Waals surface area contributed by atoms with Gasteiger partial charge in [-0.05, 0) is 18.4 Å². The van der Waals surface area contributed by atoms with Crippen LogP contribution in [0.15, 0.2) is 59.2 Å². The number of carbonyl (C=O) groups excluding carboxylic acids is 2. The van der Waals surface area contributed by atoms with Crippen molar-refractivity contribution in [3.8, 4) is 10.6 Å². The number of rotatable bonds is 7. The van der Waals surface area contributed by atoms with Gasteiger partial charge in [0.25, 0.3) is 5.91 Å². The van der Waals surface area contributed by atoms with Crippen LogP contribution < -0.4 is 0 Å². The molecule has 2 aliphatic rings. The van der Waals surface area contributed by atoms with E-state index < -0.39 is 17.7 Å². The second-order valence-corrected chi connectivity index (χ2v) is 10.2. The number of Topliss-reactive ketones (excluding diaryl/α,β-unsaturated/α-hetero) is 1. The molecule has 0 spiro atoms.